The number of ether oxygens (including phenoxy) is 1. The molecule has 5 nitrogen and oxygen atoms in total. The van der Waals surface area contributed by atoms with E-state index in [-0.39, 0.29) is 16.8 Å². The van der Waals surface area contributed by atoms with E-state index in [1.165, 1.54) is 4.31 Å². The molecule has 1 aromatic rings. The first kappa shape index (κ1) is 17.9. The van der Waals surface area contributed by atoms with Crippen LogP contribution in [0.25, 0.3) is 0 Å². The molecule has 1 aliphatic heterocycles. The first-order valence-corrected chi connectivity index (χ1v) is 10.0. The second-order valence-electron chi connectivity index (χ2n) is 5.01. The number of rotatable bonds is 4. The summed E-state index contributed by atoms with van der Waals surface area (Å²) >= 11 is 6.58. The van der Waals surface area contributed by atoms with E-state index >= 15 is 0 Å². The topological polar surface area (TPSA) is 63.7 Å². The van der Waals surface area contributed by atoms with Crippen molar-refractivity contribution in [3.63, 3.8) is 0 Å². The maximum absolute atomic E-state index is 12.7. The minimum atomic E-state index is -3.57. The molecule has 8 heteroatoms. The van der Waals surface area contributed by atoms with Gasteiger partial charge < -0.3 is 4.74 Å². The number of halogens is 2. The molecule has 1 saturated heterocycles. The molecule has 0 radical (unpaired) electrons. The number of sulfonamides is 1. The molecule has 1 heterocycles. The Morgan fingerprint density at radius 1 is 1.32 bits per heavy atom. The highest BCUT2D eigenvalue weighted by molar-refractivity contribution is 9.11. The first-order valence-electron chi connectivity index (χ1n) is 6.98. The van der Waals surface area contributed by atoms with Crippen LogP contribution in [0.3, 0.4) is 0 Å². The van der Waals surface area contributed by atoms with E-state index in [1.54, 1.807) is 25.1 Å². The monoisotopic (exact) mass is 453 g/mol. The third kappa shape index (κ3) is 3.90. The molecular formula is C14H17Br2NO4S. The van der Waals surface area contributed by atoms with Crippen LogP contribution < -0.4 is 0 Å². The summed E-state index contributed by atoms with van der Waals surface area (Å²) < 4.78 is 33.1. The van der Waals surface area contributed by atoms with Crippen LogP contribution in [-0.4, -0.2) is 38.4 Å². The second-order valence-corrected chi connectivity index (χ2v) is 8.68. The number of piperidine rings is 1. The fourth-order valence-electron chi connectivity index (χ4n) is 2.41. The van der Waals surface area contributed by atoms with Gasteiger partial charge in [-0.3, -0.25) is 4.79 Å². The minimum absolute atomic E-state index is 0.211. The van der Waals surface area contributed by atoms with Crippen molar-refractivity contribution in [2.24, 2.45) is 5.92 Å². The van der Waals surface area contributed by atoms with Gasteiger partial charge in [-0.25, -0.2) is 8.42 Å². The lowest BCUT2D eigenvalue weighted by Gasteiger charge is -2.30. The van der Waals surface area contributed by atoms with E-state index in [9.17, 15) is 13.2 Å². The molecule has 0 saturated carbocycles. The Hall–Kier alpha value is -0.440. The van der Waals surface area contributed by atoms with E-state index in [2.05, 4.69) is 31.9 Å². The predicted molar refractivity (Wildman–Crippen MR) is 90.0 cm³/mol. The quantitative estimate of drug-likeness (QED) is 0.655. The number of hydrogen-bond donors (Lipinski definition) is 0. The molecule has 122 valence electrons. The van der Waals surface area contributed by atoms with Gasteiger partial charge in [0, 0.05) is 22.0 Å². The summed E-state index contributed by atoms with van der Waals surface area (Å²) in [6.07, 6.45) is 0.980. The second kappa shape index (κ2) is 7.42. The Balaban J connectivity index is 2.13. The Morgan fingerprint density at radius 2 is 1.95 bits per heavy atom. The van der Waals surface area contributed by atoms with Gasteiger partial charge in [0.2, 0.25) is 10.0 Å². The lowest BCUT2D eigenvalue weighted by atomic mass is 9.98. The predicted octanol–water partition coefficient (Wildman–Crippen LogP) is 3.18. The number of nitrogens with zero attached hydrogens (tertiary/aromatic N) is 1. The SMILES string of the molecule is CCOC(=O)C1CCN(S(=O)(=O)c2cc(Br)ccc2Br)CC1. The van der Waals surface area contributed by atoms with Crippen LogP contribution in [-0.2, 0) is 19.6 Å². The normalized spacial score (nSPS) is 17.4. The molecule has 0 spiro atoms. The molecule has 2 rings (SSSR count). The van der Waals surface area contributed by atoms with Gasteiger partial charge in [-0.05, 0) is 53.9 Å². The van der Waals surface area contributed by atoms with Crippen LogP contribution in [0.15, 0.2) is 32.0 Å². The molecule has 0 N–H and O–H groups in total. The fourth-order valence-corrected chi connectivity index (χ4v) is 5.34. The summed E-state index contributed by atoms with van der Waals surface area (Å²) in [5.41, 5.74) is 0. The molecule has 0 atom stereocenters. The lowest BCUT2D eigenvalue weighted by Crippen LogP contribution is -2.40. The molecular weight excluding hydrogens is 438 g/mol. The van der Waals surface area contributed by atoms with Crippen LogP contribution in [0, 0.1) is 5.92 Å². The van der Waals surface area contributed by atoms with E-state index in [0.717, 1.165) is 0 Å². The number of carbonyl (C=O) groups is 1. The Morgan fingerprint density at radius 3 is 2.55 bits per heavy atom. The van der Waals surface area contributed by atoms with Gasteiger partial charge in [0.25, 0.3) is 0 Å². The van der Waals surface area contributed by atoms with Crippen LogP contribution >= 0.6 is 31.9 Å². The molecule has 0 amide bonds. The van der Waals surface area contributed by atoms with E-state index in [0.29, 0.717) is 41.5 Å². The zero-order valence-electron chi connectivity index (χ0n) is 12.1. The fraction of sp³-hybridized carbons (Fsp3) is 0.500. The highest BCUT2D eigenvalue weighted by atomic mass is 79.9. The van der Waals surface area contributed by atoms with E-state index < -0.39 is 10.0 Å². The summed E-state index contributed by atoms with van der Waals surface area (Å²) in [4.78, 5) is 12.0. The smallest absolute Gasteiger partial charge is 0.309 e. The number of carbonyl (C=O) groups excluding carboxylic acids is 1. The van der Waals surface area contributed by atoms with Crippen molar-refractivity contribution in [3.8, 4) is 0 Å². The summed E-state index contributed by atoms with van der Waals surface area (Å²) in [5, 5.41) is 0. The van der Waals surface area contributed by atoms with E-state index in [1.807, 2.05) is 0 Å². The van der Waals surface area contributed by atoms with Gasteiger partial charge in [-0.1, -0.05) is 15.9 Å². The van der Waals surface area contributed by atoms with Crippen molar-refractivity contribution >= 4 is 47.9 Å². The standard InChI is InChI=1S/C14H17Br2NO4S/c1-2-21-14(18)10-5-7-17(8-6-10)22(19,20)13-9-11(15)3-4-12(13)16/h3-4,9-10H,2,5-8H2,1H3. The van der Waals surface area contributed by atoms with Gasteiger partial charge in [0.05, 0.1) is 17.4 Å². The van der Waals surface area contributed by atoms with Crippen molar-refractivity contribution in [2.45, 2.75) is 24.7 Å². The zero-order chi connectivity index (χ0) is 16.3. The Kier molecular flexibility index (Phi) is 6.04. The Labute approximate surface area is 147 Å². The van der Waals surface area contributed by atoms with Gasteiger partial charge in [0.15, 0.2) is 0 Å². The van der Waals surface area contributed by atoms with Crippen molar-refractivity contribution < 1.29 is 17.9 Å². The van der Waals surface area contributed by atoms with Crippen molar-refractivity contribution in [3.05, 3.63) is 27.1 Å². The molecule has 0 unspecified atom stereocenters. The van der Waals surface area contributed by atoms with Crippen LogP contribution in [0.2, 0.25) is 0 Å². The lowest BCUT2D eigenvalue weighted by molar-refractivity contribution is -0.149. The number of esters is 1. The molecule has 0 aromatic heterocycles. The average Bonchev–Trinajstić information content (AvgIpc) is 2.50. The molecule has 22 heavy (non-hydrogen) atoms. The average molecular weight is 455 g/mol. The van der Waals surface area contributed by atoms with Crippen molar-refractivity contribution in [1.29, 1.82) is 0 Å². The highest BCUT2D eigenvalue weighted by Crippen LogP contribution is 2.30. The van der Waals surface area contributed by atoms with Crippen LogP contribution in [0.1, 0.15) is 19.8 Å². The third-order valence-electron chi connectivity index (χ3n) is 3.58. The van der Waals surface area contributed by atoms with Gasteiger partial charge in [-0.15, -0.1) is 0 Å². The molecule has 1 aromatic carbocycles. The summed E-state index contributed by atoms with van der Waals surface area (Å²) in [6.45, 7) is 2.76. The van der Waals surface area contributed by atoms with E-state index in [4.69, 9.17) is 4.74 Å². The van der Waals surface area contributed by atoms with Gasteiger partial charge in [-0.2, -0.15) is 4.31 Å². The molecule has 1 fully saturated rings. The Bertz CT molecular complexity index is 655. The number of benzene rings is 1. The largest absolute Gasteiger partial charge is 0.466 e. The van der Waals surface area contributed by atoms with Gasteiger partial charge in [0.1, 0.15) is 0 Å². The van der Waals surface area contributed by atoms with Crippen molar-refractivity contribution in [1.82, 2.24) is 4.31 Å². The molecule has 0 aliphatic carbocycles. The highest BCUT2D eigenvalue weighted by Gasteiger charge is 2.33. The number of hydrogen-bond acceptors (Lipinski definition) is 4. The van der Waals surface area contributed by atoms with Gasteiger partial charge >= 0.3 is 5.97 Å². The summed E-state index contributed by atoms with van der Waals surface area (Å²) in [5.74, 6) is -0.444. The summed E-state index contributed by atoms with van der Waals surface area (Å²) in [6, 6.07) is 5.05. The zero-order valence-corrected chi connectivity index (χ0v) is 16.1. The third-order valence-corrected chi connectivity index (χ3v) is 6.97. The van der Waals surface area contributed by atoms with Crippen LogP contribution in [0.5, 0.6) is 0 Å². The molecule has 0 bridgehead atoms. The van der Waals surface area contributed by atoms with Crippen molar-refractivity contribution in [2.75, 3.05) is 19.7 Å². The minimum Gasteiger partial charge on any atom is -0.466 e. The van der Waals surface area contributed by atoms with Crippen LogP contribution in [0.4, 0.5) is 0 Å². The maximum atomic E-state index is 12.7. The first-order chi connectivity index (χ1) is 10.4. The molecule has 1 aliphatic rings. The maximum Gasteiger partial charge on any atom is 0.309 e. The summed E-state index contributed by atoms with van der Waals surface area (Å²) in [7, 11) is -3.57.